The molecule has 0 unspecified atom stereocenters. The fraction of sp³-hybridized carbons (Fsp3) is 0.308. The van der Waals surface area contributed by atoms with E-state index in [9.17, 15) is 0 Å². The van der Waals surface area contributed by atoms with Gasteiger partial charge in [0.05, 0.1) is 17.8 Å². The van der Waals surface area contributed by atoms with E-state index in [4.69, 9.17) is 16.0 Å². The summed E-state index contributed by atoms with van der Waals surface area (Å²) < 4.78 is 6.61. The molecule has 0 spiro atoms. The van der Waals surface area contributed by atoms with Crippen LogP contribution in [-0.2, 0) is 6.54 Å². The maximum Gasteiger partial charge on any atom is 0.208 e. The number of aromatic nitrogens is 1. The van der Waals surface area contributed by atoms with Crippen LogP contribution in [0.3, 0.4) is 0 Å². The van der Waals surface area contributed by atoms with E-state index in [2.05, 4.69) is 40.1 Å². The Morgan fingerprint density at radius 1 is 1.44 bits per heavy atom. The Hall–Kier alpha value is -0.840. The maximum absolute atomic E-state index is 6.17. The lowest BCUT2D eigenvalue weighted by Crippen LogP contribution is -2.21. The standard InChI is InChI=1S/C13H14BrClN2O/c1-8(2)16-7-13-17-6-12(18-13)10-4-3-9(14)5-11(10)15/h3-6,8,16H,7H2,1-2H3. The van der Waals surface area contributed by atoms with Crippen LogP contribution in [0.1, 0.15) is 19.7 Å². The van der Waals surface area contributed by atoms with Gasteiger partial charge in [-0.2, -0.15) is 0 Å². The molecule has 3 nitrogen and oxygen atoms in total. The molecule has 0 fully saturated rings. The van der Waals surface area contributed by atoms with Crippen LogP contribution in [0.4, 0.5) is 0 Å². The van der Waals surface area contributed by atoms with Gasteiger partial charge < -0.3 is 9.73 Å². The zero-order valence-electron chi connectivity index (χ0n) is 10.2. The fourth-order valence-corrected chi connectivity index (χ4v) is 2.26. The second-order valence-electron chi connectivity index (χ2n) is 4.28. The summed E-state index contributed by atoms with van der Waals surface area (Å²) in [6, 6.07) is 6.07. The summed E-state index contributed by atoms with van der Waals surface area (Å²) in [6.07, 6.45) is 1.70. The number of halogens is 2. The third kappa shape index (κ3) is 3.34. The van der Waals surface area contributed by atoms with Gasteiger partial charge in [-0.15, -0.1) is 0 Å². The van der Waals surface area contributed by atoms with Gasteiger partial charge in [0.25, 0.3) is 0 Å². The van der Waals surface area contributed by atoms with Crippen molar-refractivity contribution in [2.24, 2.45) is 0 Å². The molecule has 18 heavy (non-hydrogen) atoms. The van der Waals surface area contributed by atoms with Crippen molar-refractivity contribution in [2.75, 3.05) is 0 Å². The Balaban J connectivity index is 2.18. The Labute approximate surface area is 120 Å². The Kier molecular flexibility index (Phi) is 4.43. The van der Waals surface area contributed by atoms with E-state index < -0.39 is 0 Å². The maximum atomic E-state index is 6.17. The number of hydrogen-bond donors (Lipinski definition) is 1. The average Bonchev–Trinajstić information content (AvgIpc) is 2.75. The number of oxazole rings is 1. The first-order valence-corrected chi connectivity index (χ1v) is 6.87. The minimum Gasteiger partial charge on any atom is -0.439 e. The molecule has 5 heteroatoms. The molecule has 1 aromatic heterocycles. The smallest absolute Gasteiger partial charge is 0.208 e. The number of hydrogen-bond acceptors (Lipinski definition) is 3. The van der Waals surface area contributed by atoms with Crippen LogP contribution in [0.2, 0.25) is 5.02 Å². The Morgan fingerprint density at radius 2 is 2.22 bits per heavy atom. The van der Waals surface area contributed by atoms with Crippen molar-refractivity contribution < 1.29 is 4.42 Å². The van der Waals surface area contributed by atoms with Gasteiger partial charge in [0.2, 0.25) is 5.89 Å². The molecule has 0 saturated heterocycles. The largest absolute Gasteiger partial charge is 0.439 e. The summed E-state index contributed by atoms with van der Waals surface area (Å²) in [6.45, 7) is 4.77. The van der Waals surface area contributed by atoms with Crippen LogP contribution < -0.4 is 5.32 Å². The molecule has 0 aliphatic carbocycles. The van der Waals surface area contributed by atoms with Gasteiger partial charge in [0.15, 0.2) is 5.76 Å². The van der Waals surface area contributed by atoms with Crippen LogP contribution in [-0.4, -0.2) is 11.0 Å². The van der Waals surface area contributed by atoms with Crippen molar-refractivity contribution in [3.8, 4) is 11.3 Å². The molecule has 0 amide bonds. The fourth-order valence-electron chi connectivity index (χ4n) is 1.50. The van der Waals surface area contributed by atoms with E-state index in [0.717, 1.165) is 10.0 Å². The molecule has 0 aliphatic rings. The highest BCUT2D eigenvalue weighted by Crippen LogP contribution is 2.30. The summed E-state index contributed by atoms with van der Waals surface area (Å²) in [7, 11) is 0. The van der Waals surface area contributed by atoms with Gasteiger partial charge in [-0.25, -0.2) is 4.98 Å². The second kappa shape index (κ2) is 5.87. The number of benzene rings is 1. The van der Waals surface area contributed by atoms with E-state index >= 15 is 0 Å². The normalized spacial score (nSPS) is 11.2. The van der Waals surface area contributed by atoms with Gasteiger partial charge in [0, 0.05) is 16.1 Å². The zero-order chi connectivity index (χ0) is 13.1. The van der Waals surface area contributed by atoms with Crippen LogP contribution >= 0.6 is 27.5 Å². The first-order valence-electron chi connectivity index (χ1n) is 5.70. The predicted molar refractivity (Wildman–Crippen MR) is 76.6 cm³/mol. The van der Waals surface area contributed by atoms with Crippen LogP contribution in [0, 0.1) is 0 Å². The van der Waals surface area contributed by atoms with Crippen LogP contribution in [0.15, 0.2) is 33.3 Å². The zero-order valence-corrected chi connectivity index (χ0v) is 12.5. The van der Waals surface area contributed by atoms with Crippen molar-refractivity contribution in [1.82, 2.24) is 10.3 Å². The summed E-state index contributed by atoms with van der Waals surface area (Å²) in [5, 5.41) is 3.90. The summed E-state index contributed by atoms with van der Waals surface area (Å²) >= 11 is 9.54. The quantitative estimate of drug-likeness (QED) is 0.911. The third-order valence-electron chi connectivity index (χ3n) is 2.41. The van der Waals surface area contributed by atoms with Crippen molar-refractivity contribution in [2.45, 2.75) is 26.4 Å². The van der Waals surface area contributed by atoms with E-state index in [0.29, 0.717) is 29.3 Å². The highest BCUT2D eigenvalue weighted by atomic mass is 79.9. The number of rotatable bonds is 4. The van der Waals surface area contributed by atoms with Crippen LogP contribution in [0.25, 0.3) is 11.3 Å². The summed E-state index contributed by atoms with van der Waals surface area (Å²) in [5.41, 5.74) is 0.850. The Bertz CT molecular complexity index is 540. The van der Waals surface area contributed by atoms with Crippen molar-refractivity contribution in [3.63, 3.8) is 0 Å². The van der Waals surface area contributed by atoms with Crippen molar-refractivity contribution in [3.05, 3.63) is 39.8 Å². The third-order valence-corrected chi connectivity index (χ3v) is 3.22. The highest BCUT2D eigenvalue weighted by Gasteiger charge is 2.10. The number of nitrogens with zero attached hydrogens (tertiary/aromatic N) is 1. The lowest BCUT2D eigenvalue weighted by Gasteiger charge is -2.04. The van der Waals surface area contributed by atoms with E-state index in [-0.39, 0.29) is 0 Å². The van der Waals surface area contributed by atoms with E-state index in [1.165, 1.54) is 0 Å². The lowest BCUT2D eigenvalue weighted by atomic mass is 10.2. The molecule has 0 bridgehead atoms. The molecule has 0 aliphatic heterocycles. The Morgan fingerprint density at radius 3 is 2.89 bits per heavy atom. The minimum atomic E-state index is 0.400. The molecule has 1 N–H and O–H groups in total. The van der Waals surface area contributed by atoms with Gasteiger partial charge >= 0.3 is 0 Å². The van der Waals surface area contributed by atoms with Gasteiger partial charge in [-0.3, -0.25) is 0 Å². The second-order valence-corrected chi connectivity index (χ2v) is 5.60. The first kappa shape index (κ1) is 13.6. The summed E-state index contributed by atoms with van der Waals surface area (Å²) in [5.74, 6) is 1.35. The highest BCUT2D eigenvalue weighted by molar-refractivity contribution is 9.10. The molecular weight excluding hydrogens is 316 g/mol. The lowest BCUT2D eigenvalue weighted by molar-refractivity contribution is 0.459. The van der Waals surface area contributed by atoms with Crippen LogP contribution in [0.5, 0.6) is 0 Å². The van der Waals surface area contributed by atoms with Gasteiger partial charge in [-0.05, 0) is 18.2 Å². The van der Waals surface area contributed by atoms with Gasteiger partial charge in [-0.1, -0.05) is 41.4 Å². The first-order chi connectivity index (χ1) is 8.56. The molecule has 0 radical (unpaired) electrons. The molecule has 0 atom stereocenters. The molecule has 2 aromatic rings. The topological polar surface area (TPSA) is 38.1 Å². The molecule has 0 saturated carbocycles. The molecule has 96 valence electrons. The molecule has 1 aromatic carbocycles. The van der Waals surface area contributed by atoms with Crippen molar-refractivity contribution in [1.29, 1.82) is 0 Å². The molecule has 2 rings (SSSR count). The average molecular weight is 330 g/mol. The van der Waals surface area contributed by atoms with E-state index in [1.807, 2.05) is 18.2 Å². The molecular formula is C13H14BrClN2O. The van der Waals surface area contributed by atoms with Gasteiger partial charge in [0.1, 0.15) is 0 Å². The SMILES string of the molecule is CC(C)NCc1ncc(-c2ccc(Br)cc2Cl)o1. The number of nitrogens with one attached hydrogen (secondary N) is 1. The predicted octanol–water partition coefficient (Wildman–Crippen LogP) is 4.26. The monoisotopic (exact) mass is 328 g/mol. The minimum absolute atomic E-state index is 0.400. The van der Waals surface area contributed by atoms with Crippen molar-refractivity contribution >= 4 is 27.5 Å². The van der Waals surface area contributed by atoms with E-state index in [1.54, 1.807) is 6.20 Å². The summed E-state index contributed by atoms with van der Waals surface area (Å²) in [4.78, 5) is 4.23. The molecule has 1 heterocycles.